The zero-order valence-electron chi connectivity index (χ0n) is 18.4. The number of thiazole rings is 1. The number of nitrogens with zero attached hydrogens (tertiary/aromatic N) is 2. The number of rotatable bonds is 6. The van der Waals surface area contributed by atoms with Crippen molar-refractivity contribution >= 4 is 60.7 Å². The highest BCUT2D eigenvalue weighted by atomic mass is 32.1. The third kappa shape index (κ3) is 3.51. The van der Waals surface area contributed by atoms with Gasteiger partial charge in [-0.15, -0.1) is 11.3 Å². The molecule has 4 heterocycles. The highest BCUT2D eigenvalue weighted by Gasteiger charge is 2.47. The number of fused-ring (bicyclic) bond motifs is 2. The van der Waals surface area contributed by atoms with Crippen LogP contribution in [-0.2, 0) is 4.79 Å². The number of carbonyl (C=O) groups is 2. The van der Waals surface area contributed by atoms with Gasteiger partial charge in [0.05, 0.1) is 22.4 Å². The van der Waals surface area contributed by atoms with E-state index in [1.807, 2.05) is 60.8 Å². The van der Waals surface area contributed by atoms with Crippen LogP contribution in [0.4, 0.5) is 5.13 Å². The number of para-hydroxylation sites is 1. The number of ketones is 1. The Morgan fingerprint density at radius 2 is 2.03 bits per heavy atom. The van der Waals surface area contributed by atoms with E-state index in [-0.39, 0.29) is 11.3 Å². The molecule has 0 fully saturated rings. The van der Waals surface area contributed by atoms with Crippen molar-refractivity contribution in [2.75, 3.05) is 11.5 Å². The van der Waals surface area contributed by atoms with Crippen molar-refractivity contribution in [1.82, 2.24) is 4.98 Å². The Bertz CT molecular complexity index is 1600. The van der Waals surface area contributed by atoms with Crippen LogP contribution < -0.4 is 9.64 Å². The Hall–Kier alpha value is -3.95. The first-order chi connectivity index (χ1) is 17.0. The summed E-state index contributed by atoms with van der Waals surface area (Å²) >= 11 is 2.70. The number of ether oxygens (including phenoxy) is 1. The van der Waals surface area contributed by atoms with Crippen LogP contribution in [0.3, 0.4) is 0 Å². The van der Waals surface area contributed by atoms with Gasteiger partial charge in [0.15, 0.2) is 16.7 Å². The number of aliphatic hydroxyl groups is 1. The van der Waals surface area contributed by atoms with E-state index in [4.69, 9.17) is 9.15 Å². The van der Waals surface area contributed by atoms with Gasteiger partial charge in [0.25, 0.3) is 5.91 Å². The van der Waals surface area contributed by atoms with E-state index in [1.165, 1.54) is 27.6 Å². The first kappa shape index (κ1) is 21.6. The summed E-state index contributed by atoms with van der Waals surface area (Å²) in [5.41, 5.74) is 1.23. The zero-order chi connectivity index (χ0) is 24.1. The fourth-order valence-electron chi connectivity index (χ4n) is 4.23. The molecule has 1 aliphatic rings. The van der Waals surface area contributed by atoms with Crippen molar-refractivity contribution in [3.8, 4) is 5.75 Å². The second-order valence-electron chi connectivity index (χ2n) is 7.89. The molecule has 7 nitrogen and oxygen atoms in total. The van der Waals surface area contributed by atoms with Gasteiger partial charge in [0.1, 0.15) is 17.4 Å². The molecule has 1 amide bonds. The van der Waals surface area contributed by atoms with E-state index in [0.717, 1.165) is 15.0 Å². The average molecular weight is 503 g/mol. The number of hydrogen-bond acceptors (Lipinski definition) is 8. The highest BCUT2D eigenvalue weighted by Crippen LogP contribution is 2.45. The van der Waals surface area contributed by atoms with Gasteiger partial charge in [0, 0.05) is 10.3 Å². The standard InChI is InChI=1S/C26H18N2O5S2/c1-2-32-15-9-10-16-20(13-15)35-26(27-16)28-22(19-8-5-11-34-19)21(24(30)25(28)31)23(29)18-12-14-6-3-4-7-17(14)33-18/h3-13,22,30H,2H2,1H3. The van der Waals surface area contributed by atoms with Crippen molar-refractivity contribution < 1.29 is 23.8 Å². The van der Waals surface area contributed by atoms with Crippen LogP contribution in [0, 0.1) is 0 Å². The van der Waals surface area contributed by atoms with Gasteiger partial charge in [0.2, 0.25) is 5.78 Å². The summed E-state index contributed by atoms with van der Waals surface area (Å²) in [5.74, 6) is -1.03. The zero-order valence-corrected chi connectivity index (χ0v) is 20.1. The molecule has 3 aromatic heterocycles. The molecule has 0 saturated carbocycles. The summed E-state index contributed by atoms with van der Waals surface area (Å²) in [7, 11) is 0. The molecule has 174 valence electrons. The lowest BCUT2D eigenvalue weighted by Crippen LogP contribution is -2.30. The molecule has 0 radical (unpaired) electrons. The van der Waals surface area contributed by atoms with Crippen LogP contribution in [0.2, 0.25) is 0 Å². The van der Waals surface area contributed by atoms with Crippen LogP contribution in [0.5, 0.6) is 5.75 Å². The maximum atomic E-state index is 13.6. The average Bonchev–Trinajstić information content (AvgIpc) is 3.64. The summed E-state index contributed by atoms with van der Waals surface area (Å²) in [6.45, 7) is 2.44. The fourth-order valence-corrected chi connectivity index (χ4v) is 6.07. The van der Waals surface area contributed by atoms with Crippen molar-refractivity contribution in [3.63, 3.8) is 0 Å². The van der Waals surface area contributed by atoms with Gasteiger partial charge in [-0.1, -0.05) is 35.6 Å². The second-order valence-corrected chi connectivity index (χ2v) is 9.88. The predicted octanol–water partition coefficient (Wildman–Crippen LogP) is 6.29. The maximum absolute atomic E-state index is 13.6. The largest absolute Gasteiger partial charge is 0.503 e. The Morgan fingerprint density at radius 1 is 1.17 bits per heavy atom. The van der Waals surface area contributed by atoms with Gasteiger partial charge in [-0.25, -0.2) is 4.98 Å². The van der Waals surface area contributed by atoms with E-state index >= 15 is 0 Å². The molecule has 0 saturated heterocycles. The van der Waals surface area contributed by atoms with E-state index in [9.17, 15) is 14.7 Å². The summed E-state index contributed by atoms with van der Waals surface area (Å²) in [6.07, 6.45) is 0. The number of hydrogen-bond donors (Lipinski definition) is 1. The minimum atomic E-state index is -0.824. The first-order valence-corrected chi connectivity index (χ1v) is 12.6. The number of Topliss-reactive ketones (excluding diaryl/α,β-unsaturated/α-hetero) is 1. The monoisotopic (exact) mass is 502 g/mol. The maximum Gasteiger partial charge on any atom is 0.296 e. The lowest BCUT2D eigenvalue weighted by molar-refractivity contribution is -0.117. The third-order valence-electron chi connectivity index (χ3n) is 5.78. The van der Waals surface area contributed by atoms with Crippen molar-refractivity contribution in [2.24, 2.45) is 0 Å². The molecule has 0 bridgehead atoms. The smallest absolute Gasteiger partial charge is 0.296 e. The SMILES string of the molecule is CCOc1ccc2nc(N3C(=O)C(O)=C(C(=O)c4cc5ccccc5o4)C3c3cccs3)sc2c1. The van der Waals surface area contributed by atoms with Gasteiger partial charge in [-0.3, -0.25) is 14.5 Å². The Kier molecular flexibility index (Phi) is 5.16. The molecule has 2 aromatic carbocycles. The van der Waals surface area contributed by atoms with Crippen molar-refractivity contribution in [2.45, 2.75) is 13.0 Å². The Labute approximate surface area is 207 Å². The molecule has 6 rings (SSSR count). The molecular formula is C26H18N2O5S2. The molecule has 5 aromatic rings. The molecule has 0 aliphatic carbocycles. The summed E-state index contributed by atoms with van der Waals surface area (Å²) in [6, 6.07) is 17.3. The van der Waals surface area contributed by atoms with Crippen molar-refractivity contribution in [1.29, 1.82) is 0 Å². The number of benzene rings is 2. The van der Waals surface area contributed by atoms with Crippen LogP contribution in [-0.4, -0.2) is 28.4 Å². The summed E-state index contributed by atoms with van der Waals surface area (Å²) in [4.78, 5) is 33.7. The number of furan rings is 1. The molecule has 35 heavy (non-hydrogen) atoms. The lowest BCUT2D eigenvalue weighted by atomic mass is 10.0. The normalized spacial score (nSPS) is 16.1. The van der Waals surface area contributed by atoms with E-state index in [2.05, 4.69) is 4.98 Å². The molecule has 1 aliphatic heterocycles. The number of thiophene rings is 1. The summed E-state index contributed by atoms with van der Waals surface area (Å²) < 4.78 is 12.2. The van der Waals surface area contributed by atoms with E-state index in [0.29, 0.717) is 28.6 Å². The quantitative estimate of drug-likeness (QED) is 0.275. The number of aliphatic hydroxyl groups excluding tert-OH is 1. The van der Waals surface area contributed by atoms with Crippen molar-refractivity contribution in [3.05, 3.63) is 88.0 Å². The lowest BCUT2D eigenvalue weighted by Gasteiger charge is -2.22. The third-order valence-corrected chi connectivity index (χ3v) is 7.72. The number of carbonyl (C=O) groups excluding carboxylic acids is 2. The molecule has 9 heteroatoms. The van der Waals surface area contributed by atoms with Gasteiger partial charge < -0.3 is 14.3 Å². The highest BCUT2D eigenvalue weighted by molar-refractivity contribution is 7.22. The Morgan fingerprint density at radius 3 is 2.80 bits per heavy atom. The van der Waals surface area contributed by atoms with Gasteiger partial charge in [-0.05, 0) is 48.7 Å². The second kappa shape index (κ2) is 8.37. The minimum absolute atomic E-state index is 0.0224. The van der Waals surface area contributed by atoms with Crippen LogP contribution in [0.25, 0.3) is 21.2 Å². The predicted molar refractivity (Wildman–Crippen MR) is 136 cm³/mol. The van der Waals surface area contributed by atoms with Crippen LogP contribution in [0.15, 0.2) is 81.8 Å². The van der Waals surface area contributed by atoms with E-state index in [1.54, 1.807) is 12.1 Å². The Balaban J connectivity index is 1.46. The van der Waals surface area contributed by atoms with Crippen LogP contribution >= 0.6 is 22.7 Å². The molecular weight excluding hydrogens is 484 g/mol. The molecule has 1 atom stereocenters. The van der Waals surface area contributed by atoms with E-state index < -0.39 is 23.5 Å². The number of amides is 1. The van der Waals surface area contributed by atoms with Gasteiger partial charge >= 0.3 is 0 Å². The number of anilines is 1. The first-order valence-electron chi connectivity index (χ1n) is 10.9. The molecule has 1 N–H and O–H groups in total. The van der Waals surface area contributed by atoms with Gasteiger partial charge in [-0.2, -0.15) is 0 Å². The minimum Gasteiger partial charge on any atom is -0.503 e. The fraction of sp³-hybridized carbons (Fsp3) is 0.115. The molecule has 0 spiro atoms. The topological polar surface area (TPSA) is 92.9 Å². The number of aromatic nitrogens is 1. The summed E-state index contributed by atoms with van der Waals surface area (Å²) in [5, 5.41) is 14.0. The molecule has 1 unspecified atom stereocenters. The van der Waals surface area contributed by atoms with Crippen LogP contribution in [0.1, 0.15) is 28.4 Å².